The number of rotatable bonds is 3. The van der Waals surface area contributed by atoms with Crippen molar-refractivity contribution >= 4 is 28.3 Å². The number of aromatic nitrogens is 1. The first-order valence-electron chi connectivity index (χ1n) is 7.35. The van der Waals surface area contributed by atoms with E-state index in [2.05, 4.69) is 10.3 Å². The fourth-order valence-electron chi connectivity index (χ4n) is 3.24. The van der Waals surface area contributed by atoms with Gasteiger partial charge in [0.25, 0.3) is 0 Å². The molecule has 3 rings (SSSR count). The molecule has 2 amide bonds. The van der Waals surface area contributed by atoms with Gasteiger partial charge in [0.05, 0.1) is 11.1 Å². The third-order valence-electron chi connectivity index (χ3n) is 4.47. The lowest BCUT2D eigenvalue weighted by molar-refractivity contribution is -0.134. The first-order chi connectivity index (χ1) is 10.1. The number of hydrogen-bond donors (Lipinski definition) is 2. The molecule has 2 fully saturated rings. The van der Waals surface area contributed by atoms with Crippen molar-refractivity contribution in [1.29, 1.82) is 0 Å². The molecule has 0 saturated carbocycles. The monoisotopic (exact) mass is 308 g/mol. The number of aryl methyl sites for hydroxylation is 1. The van der Waals surface area contributed by atoms with Gasteiger partial charge in [-0.3, -0.25) is 9.59 Å². The van der Waals surface area contributed by atoms with Gasteiger partial charge < -0.3 is 16.0 Å². The van der Waals surface area contributed by atoms with Crippen LogP contribution in [0.1, 0.15) is 31.4 Å². The molecule has 114 valence electrons. The lowest BCUT2D eigenvalue weighted by Gasteiger charge is -2.32. The molecule has 0 aliphatic carbocycles. The fourth-order valence-corrected chi connectivity index (χ4v) is 3.83. The molecule has 21 heavy (non-hydrogen) atoms. The molecular formula is C14H20N4O2S. The van der Waals surface area contributed by atoms with Crippen LogP contribution >= 0.6 is 11.3 Å². The minimum Gasteiger partial charge on any atom is -0.375 e. The van der Waals surface area contributed by atoms with E-state index in [4.69, 9.17) is 5.73 Å². The van der Waals surface area contributed by atoms with Crippen LogP contribution in [0.4, 0.5) is 5.13 Å². The van der Waals surface area contributed by atoms with Gasteiger partial charge in [-0.25, -0.2) is 4.98 Å². The van der Waals surface area contributed by atoms with Crippen molar-refractivity contribution in [3.8, 4) is 0 Å². The van der Waals surface area contributed by atoms with Crippen molar-refractivity contribution in [3.05, 3.63) is 11.1 Å². The van der Waals surface area contributed by atoms with Crippen LogP contribution in [0.2, 0.25) is 0 Å². The van der Waals surface area contributed by atoms with Crippen LogP contribution in [0.15, 0.2) is 5.38 Å². The van der Waals surface area contributed by atoms with Gasteiger partial charge in [0.1, 0.15) is 0 Å². The van der Waals surface area contributed by atoms with Crippen molar-refractivity contribution in [2.24, 2.45) is 5.41 Å². The van der Waals surface area contributed by atoms with Crippen LogP contribution in [-0.2, 0) is 16.0 Å². The number of anilines is 1. The molecule has 2 saturated heterocycles. The summed E-state index contributed by atoms with van der Waals surface area (Å²) >= 11 is 1.40. The average Bonchev–Trinajstić information content (AvgIpc) is 3.07. The maximum absolute atomic E-state index is 12.3. The third-order valence-corrected chi connectivity index (χ3v) is 5.19. The van der Waals surface area contributed by atoms with E-state index in [9.17, 15) is 9.59 Å². The van der Waals surface area contributed by atoms with Crippen molar-refractivity contribution in [1.82, 2.24) is 15.2 Å². The predicted octanol–water partition coefficient (Wildman–Crippen LogP) is 0.787. The van der Waals surface area contributed by atoms with E-state index in [0.717, 1.165) is 31.5 Å². The van der Waals surface area contributed by atoms with Crippen LogP contribution in [-0.4, -0.2) is 41.3 Å². The SMILES string of the molecule is Nc1nc(CCC(=O)N2CC[C@@]3(CCCNC3=O)C2)cs1. The second kappa shape index (κ2) is 5.63. The van der Waals surface area contributed by atoms with E-state index in [1.54, 1.807) is 0 Å². The maximum atomic E-state index is 12.3. The first-order valence-corrected chi connectivity index (χ1v) is 8.23. The van der Waals surface area contributed by atoms with E-state index in [1.165, 1.54) is 11.3 Å². The second-order valence-corrected chi connectivity index (χ2v) is 6.77. The van der Waals surface area contributed by atoms with E-state index in [-0.39, 0.29) is 17.2 Å². The Labute approximate surface area is 127 Å². The molecule has 0 bridgehead atoms. The molecule has 0 radical (unpaired) electrons. The van der Waals surface area contributed by atoms with Gasteiger partial charge in [-0.1, -0.05) is 0 Å². The Morgan fingerprint density at radius 2 is 2.38 bits per heavy atom. The number of hydrogen-bond acceptors (Lipinski definition) is 5. The van der Waals surface area contributed by atoms with Gasteiger partial charge in [-0.2, -0.15) is 0 Å². The molecule has 2 aliphatic rings. The summed E-state index contributed by atoms with van der Waals surface area (Å²) in [7, 11) is 0. The Kier molecular flexibility index (Phi) is 3.84. The van der Waals surface area contributed by atoms with Crippen molar-refractivity contribution in [2.45, 2.75) is 32.1 Å². The van der Waals surface area contributed by atoms with E-state index < -0.39 is 0 Å². The normalized spacial score (nSPS) is 25.3. The molecule has 0 aromatic carbocycles. The summed E-state index contributed by atoms with van der Waals surface area (Å²) in [4.78, 5) is 30.4. The number of nitrogens with zero attached hydrogens (tertiary/aromatic N) is 2. The van der Waals surface area contributed by atoms with Crippen LogP contribution in [0.3, 0.4) is 0 Å². The third kappa shape index (κ3) is 2.88. The topological polar surface area (TPSA) is 88.3 Å². The number of nitrogens with two attached hydrogens (primary N) is 1. The Morgan fingerprint density at radius 1 is 1.52 bits per heavy atom. The quantitative estimate of drug-likeness (QED) is 0.864. The molecule has 1 spiro atoms. The van der Waals surface area contributed by atoms with Crippen molar-refractivity contribution in [3.63, 3.8) is 0 Å². The smallest absolute Gasteiger partial charge is 0.228 e. The first kappa shape index (κ1) is 14.3. The van der Waals surface area contributed by atoms with Crippen LogP contribution in [0.25, 0.3) is 0 Å². The predicted molar refractivity (Wildman–Crippen MR) is 80.7 cm³/mol. The van der Waals surface area contributed by atoms with Crippen molar-refractivity contribution < 1.29 is 9.59 Å². The summed E-state index contributed by atoms with van der Waals surface area (Å²) in [6.07, 6.45) is 3.73. The number of likely N-dealkylation sites (tertiary alicyclic amines) is 1. The Hall–Kier alpha value is -1.63. The molecular weight excluding hydrogens is 288 g/mol. The van der Waals surface area contributed by atoms with Gasteiger partial charge >= 0.3 is 0 Å². The van der Waals surface area contributed by atoms with E-state index in [0.29, 0.717) is 31.1 Å². The van der Waals surface area contributed by atoms with E-state index >= 15 is 0 Å². The molecule has 0 unspecified atom stereocenters. The Balaban J connectivity index is 1.55. The standard InChI is InChI=1S/C14H20N4O2S/c15-13-17-10(8-21-13)2-3-11(19)18-7-5-14(9-18)4-1-6-16-12(14)20/h8H,1-7,9H2,(H2,15,17)(H,16,20)/t14-/m0/s1. The summed E-state index contributed by atoms with van der Waals surface area (Å²) in [5.74, 6) is 0.230. The van der Waals surface area contributed by atoms with Gasteiger partial charge in [0, 0.05) is 31.4 Å². The maximum Gasteiger partial charge on any atom is 0.228 e. The van der Waals surface area contributed by atoms with Crippen molar-refractivity contribution in [2.75, 3.05) is 25.4 Å². The number of amides is 2. The molecule has 1 aromatic rings. The van der Waals surface area contributed by atoms with Gasteiger partial charge in [-0.05, 0) is 25.7 Å². The lowest BCUT2D eigenvalue weighted by atomic mass is 9.79. The molecule has 2 aliphatic heterocycles. The zero-order valence-corrected chi connectivity index (χ0v) is 12.7. The van der Waals surface area contributed by atoms with Crippen LogP contribution in [0, 0.1) is 5.41 Å². The van der Waals surface area contributed by atoms with Gasteiger partial charge in [0.2, 0.25) is 11.8 Å². The summed E-state index contributed by atoms with van der Waals surface area (Å²) in [6, 6.07) is 0. The Morgan fingerprint density at radius 3 is 3.10 bits per heavy atom. The van der Waals surface area contributed by atoms with E-state index in [1.807, 2.05) is 10.3 Å². The molecule has 3 heterocycles. The number of carbonyl (C=O) groups excluding carboxylic acids is 2. The number of nitrogen functional groups attached to an aromatic ring is 1. The lowest BCUT2D eigenvalue weighted by Crippen LogP contribution is -2.47. The molecule has 1 aromatic heterocycles. The number of carbonyl (C=O) groups is 2. The number of piperidine rings is 1. The minimum atomic E-state index is -0.334. The highest BCUT2D eigenvalue weighted by atomic mass is 32.1. The summed E-state index contributed by atoms with van der Waals surface area (Å²) in [5, 5.41) is 5.37. The second-order valence-electron chi connectivity index (χ2n) is 5.88. The number of nitrogens with one attached hydrogen (secondary N) is 1. The van der Waals surface area contributed by atoms with Gasteiger partial charge in [-0.15, -0.1) is 11.3 Å². The van der Waals surface area contributed by atoms with Crippen LogP contribution in [0.5, 0.6) is 0 Å². The highest BCUT2D eigenvalue weighted by Crippen LogP contribution is 2.37. The zero-order valence-electron chi connectivity index (χ0n) is 11.9. The molecule has 1 atom stereocenters. The van der Waals surface area contributed by atoms with Crippen LogP contribution < -0.4 is 11.1 Å². The highest BCUT2D eigenvalue weighted by molar-refractivity contribution is 7.13. The molecule has 3 N–H and O–H groups in total. The average molecular weight is 308 g/mol. The molecule has 7 heteroatoms. The minimum absolute atomic E-state index is 0.108. The molecule has 6 nitrogen and oxygen atoms in total. The largest absolute Gasteiger partial charge is 0.375 e. The summed E-state index contributed by atoms with van der Waals surface area (Å²) in [6.45, 7) is 2.02. The van der Waals surface area contributed by atoms with Gasteiger partial charge in [0.15, 0.2) is 5.13 Å². The Bertz CT molecular complexity index is 559. The summed E-state index contributed by atoms with van der Waals surface area (Å²) in [5.41, 5.74) is 6.12. The highest BCUT2D eigenvalue weighted by Gasteiger charge is 2.46. The summed E-state index contributed by atoms with van der Waals surface area (Å²) < 4.78 is 0. The fraction of sp³-hybridized carbons (Fsp3) is 0.643. The number of thiazole rings is 1. The zero-order chi connectivity index (χ0) is 14.9.